The number of hydrogen-bond donors (Lipinski definition) is 1. The van der Waals surface area contributed by atoms with Crippen LogP contribution in [0.15, 0.2) is 36.7 Å². The second-order valence-corrected chi connectivity index (χ2v) is 5.46. The summed E-state index contributed by atoms with van der Waals surface area (Å²) >= 11 is 6.20. The lowest BCUT2D eigenvalue weighted by molar-refractivity contribution is 0.467. The van der Waals surface area contributed by atoms with Gasteiger partial charge in [-0.15, -0.1) is 0 Å². The Kier molecular flexibility index (Phi) is 4.99. The molecule has 0 radical (unpaired) electrons. The number of aromatic nitrogens is 1. The van der Waals surface area contributed by atoms with Gasteiger partial charge in [0.15, 0.2) is 0 Å². The van der Waals surface area contributed by atoms with Gasteiger partial charge in [-0.1, -0.05) is 31.5 Å². The van der Waals surface area contributed by atoms with Crippen LogP contribution in [0, 0.1) is 6.92 Å². The van der Waals surface area contributed by atoms with Crippen LogP contribution in [0.5, 0.6) is 11.5 Å². The fourth-order valence-corrected chi connectivity index (χ4v) is 2.04. The van der Waals surface area contributed by atoms with Gasteiger partial charge in [-0.05, 0) is 30.7 Å². The molecular formula is C16H19ClN2O. The Hall–Kier alpha value is -1.58. The van der Waals surface area contributed by atoms with Crippen LogP contribution in [0.1, 0.15) is 25.0 Å². The standard InChI is InChI=1S/C16H19ClN2O/c1-11(2)19-9-13-6-7-18-10-16(13)20-15-5-4-12(3)8-14(15)17/h4-8,10-11,19H,9H2,1-3H3. The van der Waals surface area contributed by atoms with Crippen LogP contribution in [0.2, 0.25) is 5.02 Å². The van der Waals surface area contributed by atoms with E-state index >= 15 is 0 Å². The smallest absolute Gasteiger partial charge is 0.150 e. The zero-order valence-electron chi connectivity index (χ0n) is 12.0. The minimum absolute atomic E-state index is 0.416. The molecule has 0 saturated carbocycles. The van der Waals surface area contributed by atoms with E-state index in [4.69, 9.17) is 16.3 Å². The molecule has 0 spiro atoms. The summed E-state index contributed by atoms with van der Waals surface area (Å²) in [5, 5.41) is 3.98. The maximum Gasteiger partial charge on any atom is 0.150 e. The first-order valence-corrected chi connectivity index (χ1v) is 7.04. The fraction of sp³-hybridized carbons (Fsp3) is 0.312. The Bertz CT molecular complexity index is 584. The highest BCUT2D eigenvalue weighted by molar-refractivity contribution is 6.32. The van der Waals surface area contributed by atoms with Crippen LogP contribution < -0.4 is 10.1 Å². The highest BCUT2D eigenvalue weighted by atomic mass is 35.5. The Balaban J connectivity index is 2.20. The Morgan fingerprint density at radius 1 is 1.25 bits per heavy atom. The average molecular weight is 291 g/mol. The summed E-state index contributed by atoms with van der Waals surface area (Å²) < 4.78 is 5.89. The minimum Gasteiger partial charge on any atom is -0.454 e. The van der Waals surface area contributed by atoms with E-state index in [9.17, 15) is 0 Å². The normalized spacial score (nSPS) is 10.8. The van der Waals surface area contributed by atoms with Crippen LogP contribution in [0.25, 0.3) is 0 Å². The number of nitrogens with one attached hydrogen (secondary N) is 1. The van der Waals surface area contributed by atoms with Gasteiger partial charge in [0.25, 0.3) is 0 Å². The summed E-state index contributed by atoms with van der Waals surface area (Å²) in [7, 11) is 0. The SMILES string of the molecule is Cc1ccc(Oc2cnccc2CNC(C)C)c(Cl)c1. The van der Waals surface area contributed by atoms with Crippen molar-refractivity contribution in [3.05, 3.63) is 52.8 Å². The van der Waals surface area contributed by atoms with E-state index in [0.717, 1.165) is 23.4 Å². The zero-order valence-corrected chi connectivity index (χ0v) is 12.7. The van der Waals surface area contributed by atoms with Crippen LogP contribution in [0.3, 0.4) is 0 Å². The molecule has 3 nitrogen and oxygen atoms in total. The van der Waals surface area contributed by atoms with E-state index in [0.29, 0.717) is 16.8 Å². The number of aryl methyl sites for hydroxylation is 1. The lowest BCUT2D eigenvalue weighted by Crippen LogP contribution is -2.22. The van der Waals surface area contributed by atoms with E-state index < -0.39 is 0 Å². The third-order valence-electron chi connectivity index (χ3n) is 2.88. The topological polar surface area (TPSA) is 34.1 Å². The van der Waals surface area contributed by atoms with E-state index in [1.54, 1.807) is 12.4 Å². The van der Waals surface area contributed by atoms with Crippen molar-refractivity contribution in [2.24, 2.45) is 0 Å². The fourth-order valence-electron chi connectivity index (χ4n) is 1.77. The minimum atomic E-state index is 0.416. The van der Waals surface area contributed by atoms with Gasteiger partial charge in [-0.25, -0.2) is 0 Å². The second-order valence-electron chi connectivity index (χ2n) is 5.05. The number of ether oxygens (including phenoxy) is 1. The molecule has 106 valence electrons. The Labute approximate surface area is 124 Å². The predicted octanol–water partition coefficient (Wildman–Crippen LogP) is 4.33. The van der Waals surface area contributed by atoms with Crippen LogP contribution in [-0.2, 0) is 6.54 Å². The summed E-state index contributed by atoms with van der Waals surface area (Å²) in [6, 6.07) is 8.11. The summed E-state index contributed by atoms with van der Waals surface area (Å²) in [5.74, 6) is 1.38. The molecule has 0 atom stereocenters. The molecule has 0 saturated heterocycles. The summed E-state index contributed by atoms with van der Waals surface area (Å²) in [6.45, 7) is 6.95. The van der Waals surface area contributed by atoms with E-state index in [1.165, 1.54) is 0 Å². The lowest BCUT2D eigenvalue weighted by Gasteiger charge is -2.14. The first-order chi connectivity index (χ1) is 9.56. The molecular weight excluding hydrogens is 272 g/mol. The molecule has 2 rings (SSSR count). The van der Waals surface area contributed by atoms with Gasteiger partial charge in [0.2, 0.25) is 0 Å². The molecule has 0 amide bonds. The predicted molar refractivity (Wildman–Crippen MR) is 82.5 cm³/mol. The first kappa shape index (κ1) is 14.8. The molecule has 0 aliphatic rings. The number of rotatable bonds is 5. The zero-order chi connectivity index (χ0) is 14.5. The number of hydrogen-bond acceptors (Lipinski definition) is 3. The summed E-state index contributed by atoms with van der Waals surface area (Å²) in [5.41, 5.74) is 2.17. The molecule has 0 fully saturated rings. The van der Waals surface area contributed by atoms with E-state index in [2.05, 4.69) is 24.1 Å². The van der Waals surface area contributed by atoms with Crippen molar-refractivity contribution in [3.8, 4) is 11.5 Å². The van der Waals surface area contributed by atoms with Crippen molar-refractivity contribution in [2.75, 3.05) is 0 Å². The lowest BCUT2D eigenvalue weighted by atomic mass is 10.2. The number of benzene rings is 1. The maximum atomic E-state index is 6.20. The number of pyridine rings is 1. The summed E-state index contributed by atoms with van der Waals surface area (Å²) in [6.07, 6.45) is 3.48. The van der Waals surface area contributed by atoms with Crippen LogP contribution in [-0.4, -0.2) is 11.0 Å². The van der Waals surface area contributed by atoms with Crippen molar-refractivity contribution < 1.29 is 4.74 Å². The van der Waals surface area contributed by atoms with E-state index in [1.807, 2.05) is 31.2 Å². The largest absolute Gasteiger partial charge is 0.454 e. The second kappa shape index (κ2) is 6.73. The maximum absolute atomic E-state index is 6.20. The van der Waals surface area contributed by atoms with Crippen molar-refractivity contribution in [3.63, 3.8) is 0 Å². The van der Waals surface area contributed by atoms with Crippen LogP contribution >= 0.6 is 11.6 Å². The molecule has 1 heterocycles. The molecule has 0 bridgehead atoms. The quantitative estimate of drug-likeness (QED) is 0.890. The highest BCUT2D eigenvalue weighted by Gasteiger charge is 2.08. The third kappa shape index (κ3) is 3.95. The molecule has 1 N–H and O–H groups in total. The number of halogens is 1. The molecule has 2 aromatic rings. The van der Waals surface area contributed by atoms with Gasteiger partial charge in [-0.2, -0.15) is 0 Å². The third-order valence-corrected chi connectivity index (χ3v) is 3.17. The van der Waals surface area contributed by atoms with Crippen LogP contribution in [0.4, 0.5) is 0 Å². The number of nitrogens with zero attached hydrogens (tertiary/aromatic N) is 1. The molecule has 0 aliphatic carbocycles. The van der Waals surface area contributed by atoms with Crippen molar-refractivity contribution in [1.29, 1.82) is 0 Å². The van der Waals surface area contributed by atoms with Gasteiger partial charge in [-0.3, -0.25) is 4.98 Å². The van der Waals surface area contributed by atoms with Crippen molar-refractivity contribution in [2.45, 2.75) is 33.4 Å². The molecule has 1 aromatic carbocycles. The monoisotopic (exact) mass is 290 g/mol. The Morgan fingerprint density at radius 3 is 2.75 bits per heavy atom. The molecule has 4 heteroatoms. The molecule has 1 aromatic heterocycles. The van der Waals surface area contributed by atoms with Crippen molar-refractivity contribution >= 4 is 11.6 Å². The first-order valence-electron chi connectivity index (χ1n) is 6.66. The van der Waals surface area contributed by atoms with Gasteiger partial charge < -0.3 is 10.1 Å². The van der Waals surface area contributed by atoms with Gasteiger partial charge in [0.05, 0.1) is 11.2 Å². The van der Waals surface area contributed by atoms with E-state index in [-0.39, 0.29) is 0 Å². The molecule has 0 aliphatic heterocycles. The summed E-state index contributed by atoms with van der Waals surface area (Å²) in [4.78, 5) is 4.12. The average Bonchev–Trinajstić information content (AvgIpc) is 2.41. The highest BCUT2D eigenvalue weighted by Crippen LogP contribution is 2.31. The van der Waals surface area contributed by atoms with Gasteiger partial charge in [0, 0.05) is 24.3 Å². The molecule has 20 heavy (non-hydrogen) atoms. The van der Waals surface area contributed by atoms with Gasteiger partial charge >= 0.3 is 0 Å². The Morgan fingerprint density at radius 2 is 2.05 bits per heavy atom. The van der Waals surface area contributed by atoms with Gasteiger partial charge in [0.1, 0.15) is 11.5 Å². The van der Waals surface area contributed by atoms with Crippen molar-refractivity contribution in [1.82, 2.24) is 10.3 Å². The molecule has 0 unspecified atom stereocenters.